The smallest absolute Gasteiger partial charge is 0.338 e. The van der Waals surface area contributed by atoms with Gasteiger partial charge in [0.15, 0.2) is 12.7 Å². The van der Waals surface area contributed by atoms with Gasteiger partial charge < -0.3 is 9.64 Å². The van der Waals surface area contributed by atoms with E-state index in [0.717, 1.165) is 36.9 Å². The van der Waals surface area contributed by atoms with Crippen LogP contribution in [0.5, 0.6) is 0 Å². The zero-order chi connectivity index (χ0) is 28.1. The highest BCUT2D eigenvalue weighted by Crippen LogP contribution is 2.45. The van der Waals surface area contributed by atoms with Crippen LogP contribution in [0.4, 0.5) is 5.69 Å². The lowest BCUT2D eigenvalue weighted by Crippen LogP contribution is -2.36. The number of nitrogens with zero attached hydrogens (tertiary/aromatic N) is 3. The number of hydrogen-bond donors (Lipinski definition) is 0. The van der Waals surface area contributed by atoms with Crippen LogP contribution >= 0.6 is 34.4 Å². The number of benzene rings is 2. The van der Waals surface area contributed by atoms with E-state index in [2.05, 4.69) is 40.7 Å². The van der Waals surface area contributed by atoms with Crippen LogP contribution in [-0.2, 0) is 24.2 Å². The van der Waals surface area contributed by atoms with E-state index < -0.39 is 0 Å². The number of methoxy groups -OCH3 is 1. The van der Waals surface area contributed by atoms with Gasteiger partial charge in [-0.1, -0.05) is 68.1 Å². The molecule has 0 fully saturated rings. The molecule has 3 heterocycles. The van der Waals surface area contributed by atoms with Gasteiger partial charge in [0.05, 0.1) is 29.8 Å². The van der Waals surface area contributed by atoms with Gasteiger partial charge in [-0.25, -0.2) is 4.79 Å². The second-order valence-electron chi connectivity index (χ2n) is 8.60. The molecule has 0 atom stereocenters. The minimum absolute atomic E-state index is 0.0377. The van der Waals surface area contributed by atoms with Crippen molar-refractivity contribution in [2.45, 2.75) is 52.1 Å². The quantitative estimate of drug-likeness (QED) is 0.241. The molecule has 6 nitrogen and oxygen atoms in total. The van der Waals surface area contributed by atoms with Crippen molar-refractivity contribution in [2.75, 3.05) is 19.1 Å². The van der Waals surface area contributed by atoms with Gasteiger partial charge in [-0.15, -0.1) is 11.3 Å². The fourth-order valence-electron chi connectivity index (χ4n) is 4.40. The van der Waals surface area contributed by atoms with Gasteiger partial charge in [0.25, 0.3) is 10.6 Å². The van der Waals surface area contributed by atoms with Crippen LogP contribution in [-0.4, -0.2) is 24.7 Å². The van der Waals surface area contributed by atoms with E-state index in [1.54, 1.807) is 29.2 Å². The Morgan fingerprint density at radius 1 is 1.13 bits per heavy atom. The molecule has 4 aromatic rings. The van der Waals surface area contributed by atoms with Gasteiger partial charge >= 0.3 is 5.97 Å². The first-order chi connectivity index (χ1) is 18.9. The SMILES string of the molecule is CC.CCc1ccc2c(c1)S/C(=c1/s/c(=C\c3scc[n+]3Cc3ccccc3C(=O)OC)n(CC)c1=O)N2C. The summed E-state index contributed by atoms with van der Waals surface area (Å²) >= 11 is 4.81. The summed E-state index contributed by atoms with van der Waals surface area (Å²) in [5.74, 6) is -0.345. The molecule has 0 spiro atoms. The molecule has 1 aliphatic heterocycles. The van der Waals surface area contributed by atoms with Crippen LogP contribution in [0, 0.1) is 0 Å². The highest BCUT2D eigenvalue weighted by Gasteiger charge is 2.25. The molecule has 9 heteroatoms. The van der Waals surface area contributed by atoms with Gasteiger partial charge in [0.1, 0.15) is 14.2 Å². The summed E-state index contributed by atoms with van der Waals surface area (Å²) in [5, 5.41) is 4.00. The summed E-state index contributed by atoms with van der Waals surface area (Å²) in [5.41, 5.74) is 3.91. The van der Waals surface area contributed by atoms with Crippen LogP contribution in [0.3, 0.4) is 0 Å². The van der Waals surface area contributed by atoms with Crippen LogP contribution in [0.15, 0.2) is 63.7 Å². The monoisotopic (exact) mass is 580 g/mol. The van der Waals surface area contributed by atoms with Crippen molar-refractivity contribution < 1.29 is 14.1 Å². The third-order valence-electron chi connectivity index (χ3n) is 6.45. The van der Waals surface area contributed by atoms with E-state index in [9.17, 15) is 9.59 Å². The summed E-state index contributed by atoms with van der Waals surface area (Å²) in [6.45, 7) is 9.27. The molecule has 204 valence electrons. The fourth-order valence-corrected chi connectivity index (χ4v) is 7.78. The number of thioether (sulfide) groups is 1. The lowest BCUT2D eigenvalue weighted by atomic mass is 10.1. The van der Waals surface area contributed by atoms with E-state index in [1.165, 1.54) is 28.9 Å². The van der Waals surface area contributed by atoms with Crippen molar-refractivity contribution >= 4 is 57.2 Å². The van der Waals surface area contributed by atoms with E-state index in [4.69, 9.17) is 4.74 Å². The number of hydrogen-bond acceptors (Lipinski definition) is 7. The Kier molecular flexibility index (Phi) is 9.48. The Bertz CT molecular complexity index is 1670. The summed E-state index contributed by atoms with van der Waals surface area (Å²) < 4.78 is 10.6. The molecular formula is C30H34N3O3S3+. The van der Waals surface area contributed by atoms with Crippen molar-refractivity contribution in [3.63, 3.8) is 0 Å². The Morgan fingerprint density at radius 3 is 2.62 bits per heavy atom. The number of aromatic nitrogens is 2. The second-order valence-corrected chi connectivity index (χ2v) is 11.6. The number of esters is 1. The molecule has 2 aromatic carbocycles. The maximum atomic E-state index is 13.5. The van der Waals surface area contributed by atoms with Crippen molar-refractivity contribution in [1.82, 2.24) is 4.57 Å². The number of carbonyl (C=O) groups excluding carboxylic acids is 1. The Morgan fingerprint density at radius 2 is 1.90 bits per heavy atom. The van der Waals surface area contributed by atoms with Gasteiger partial charge in [0.2, 0.25) is 0 Å². The van der Waals surface area contributed by atoms with Crippen LogP contribution in [0.25, 0.3) is 11.1 Å². The van der Waals surface area contributed by atoms with Gasteiger partial charge in [-0.2, -0.15) is 4.57 Å². The second kappa shape index (κ2) is 12.8. The Hall–Kier alpha value is -3.14. The maximum Gasteiger partial charge on any atom is 0.338 e. The zero-order valence-corrected chi connectivity index (χ0v) is 25.6. The van der Waals surface area contributed by atoms with Gasteiger partial charge in [-0.3, -0.25) is 9.36 Å². The molecular weight excluding hydrogens is 547 g/mol. The molecule has 0 radical (unpaired) electrons. The summed E-state index contributed by atoms with van der Waals surface area (Å²) in [4.78, 5) is 29.1. The topological polar surface area (TPSA) is 55.4 Å². The molecule has 2 aromatic heterocycles. The number of thiazole rings is 2. The maximum absolute atomic E-state index is 13.5. The third-order valence-corrected chi connectivity index (χ3v) is 9.77. The number of anilines is 1. The first-order valence-electron chi connectivity index (χ1n) is 13.1. The van der Waals surface area contributed by atoms with Crippen LogP contribution in [0.1, 0.15) is 54.2 Å². The molecule has 0 bridgehead atoms. The number of aryl methyl sites for hydroxylation is 1. The normalized spacial score (nSPS) is 14.2. The highest BCUT2D eigenvalue weighted by atomic mass is 32.2. The minimum atomic E-state index is -0.345. The molecule has 0 N–H and O–H groups in total. The Balaban J connectivity index is 0.00000172. The third kappa shape index (κ3) is 5.76. The first-order valence-corrected chi connectivity index (χ1v) is 15.6. The number of rotatable bonds is 6. The van der Waals surface area contributed by atoms with Gasteiger partial charge in [-0.05, 0) is 37.1 Å². The summed E-state index contributed by atoms with van der Waals surface area (Å²) in [6, 6.07) is 14.0. The molecule has 0 aliphatic carbocycles. The minimum Gasteiger partial charge on any atom is -0.465 e. The van der Waals surface area contributed by atoms with Crippen LogP contribution < -0.4 is 24.2 Å². The standard InChI is InChI=1S/C28H28N3O3S3.C2H6/c1-5-18-11-12-21-22(15-18)36-27(29(21)3)25-26(32)31(6-2)24(37-25)16-23-30(13-14-35-23)17-19-9-7-8-10-20(19)28(33)34-4;1-2/h7-16H,5-6,17H2,1-4H3;1-2H3/q+1;/b27-25+;. The molecule has 39 heavy (non-hydrogen) atoms. The average Bonchev–Trinajstić information content (AvgIpc) is 3.64. The fraction of sp³-hybridized carbons (Fsp3) is 0.300. The van der Waals surface area contributed by atoms with Crippen molar-refractivity contribution in [1.29, 1.82) is 0 Å². The molecule has 0 saturated carbocycles. The van der Waals surface area contributed by atoms with E-state index in [1.807, 2.05) is 62.2 Å². The zero-order valence-electron chi connectivity index (χ0n) is 23.2. The van der Waals surface area contributed by atoms with Crippen molar-refractivity contribution in [3.05, 3.63) is 95.3 Å². The molecule has 0 saturated heterocycles. The molecule has 0 amide bonds. The summed E-state index contributed by atoms with van der Waals surface area (Å²) in [6.07, 6.45) is 5.07. The largest absolute Gasteiger partial charge is 0.465 e. The molecule has 1 aliphatic rings. The number of ether oxygens (including phenoxy) is 1. The molecule has 5 rings (SSSR count). The van der Waals surface area contributed by atoms with Crippen molar-refractivity contribution in [2.24, 2.45) is 0 Å². The predicted molar refractivity (Wildman–Crippen MR) is 163 cm³/mol. The summed E-state index contributed by atoms with van der Waals surface area (Å²) in [7, 11) is 3.43. The van der Waals surface area contributed by atoms with E-state index >= 15 is 0 Å². The van der Waals surface area contributed by atoms with Crippen LogP contribution in [0.2, 0.25) is 0 Å². The molecule has 0 unspecified atom stereocenters. The number of carbonyl (C=O) groups is 1. The van der Waals surface area contributed by atoms with E-state index in [0.29, 0.717) is 18.7 Å². The van der Waals surface area contributed by atoms with Crippen molar-refractivity contribution in [3.8, 4) is 0 Å². The lowest BCUT2D eigenvalue weighted by Gasteiger charge is -2.12. The first kappa shape index (κ1) is 28.9. The Labute approximate surface area is 241 Å². The predicted octanol–water partition coefficient (Wildman–Crippen LogP) is 4.84. The highest BCUT2D eigenvalue weighted by molar-refractivity contribution is 8.08. The average molecular weight is 581 g/mol. The lowest BCUT2D eigenvalue weighted by molar-refractivity contribution is -0.685. The number of fused-ring (bicyclic) bond motifs is 1. The van der Waals surface area contributed by atoms with E-state index in [-0.39, 0.29) is 11.5 Å². The van der Waals surface area contributed by atoms with Gasteiger partial charge in [0, 0.05) is 24.1 Å².